The van der Waals surface area contributed by atoms with Gasteiger partial charge in [-0.2, -0.15) is 5.10 Å². The van der Waals surface area contributed by atoms with Crippen LogP contribution in [0, 0.1) is 0 Å². The molecule has 0 saturated carbocycles. The quantitative estimate of drug-likeness (QED) is 0.653. The van der Waals surface area contributed by atoms with Gasteiger partial charge in [0.15, 0.2) is 0 Å². The molecule has 1 aromatic carbocycles. The molecule has 2 heterocycles. The number of ether oxygens (including phenoxy) is 1. The van der Waals surface area contributed by atoms with E-state index in [9.17, 15) is 4.79 Å². The summed E-state index contributed by atoms with van der Waals surface area (Å²) in [4.78, 5) is 16.2. The maximum absolute atomic E-state index is 11.9. The van der Waals surface area contributed by atoms with Crippen LogP contribution < -0.4 is 0 Å². The summed E-state index contributed by atoms with van der Waals surface area (Å²) in [6.45, 7) is 2.32. The monoisotopic (exact) mass is 327 g/mol. The predicted octanol–water partition coefficient (Wildman–Crippen LogP) is 3.18. The van der Waals surface area contributed by atoms with Crippen molar-refractivity contribution >= 4 is 17.3 Å². The average Bonchev–Trinajstić information content (AvgIpc) is 3.25. The molecule has 0 bridgehead atoms. The molecule has 3 aromatic rings. The van der Waals surface area contributed by atoms with Crippen LogP contribution in [0.2, 0.25) is 0 Å². The van der Waals surface area contributed by atoms with E-state index >= 15 is 0 Å². The summed E-state index contributed by atoms with van der Waals surface area (Å²) >= 11 is 1.58. The number of aromatic nitrogens is 3. The zero-order chi connectivity index (χ0) is 16.1. The Hall–Kier alpha value is -2.47. The number of carbonyl (C=O) groups excluding carboxylic acids is 1. The molecule has 0 atom stereocenters. The first-order chi connectivity index (χ1) is 11.2. The Labute approximate surface area is 138 Å². The number of carbonyl (C=O) groups is 1. The van der Waals surface area contributed by atoms with Crippen molar-refractivity contribution < 1.29 is 9.53 Å². The van der Waals surface area contributed by atoms with Crippen molar-refractivity contribution in [3.05, 3.63) is 64.4 Å². The van der Waals surface area contributed by atoms with Crippen molar-refractivity contribution in [2.24, 2.45) is 0 Å². The fourth-order valence-electron chi connectivity index (χ4n) is 2.12. The SMILES string of the molecule is CCc1nc(CC(=O)OCc2ccc(-n3cccn3)cc2)cs1. The lowest BCUT2D eigenvalue weighted by Gasteiger charge is -2.06. The van der Waals surface area contributed by atoms with Gasteiger partial charge in [-0.15, -0.1) is 11.3 Å². The lowest BCUT2D eigenvalue weighted by molar-refractivity contribution is -0.144. The smallest absolute Gasteiger partial charge is 0.312 e. The zero-order valence-corrected chi connectivity index (χ0v) is 13.6. The highest BCUT2D eigenvalue weighted by atomic mass is 32.1. The molecule has 0 aliphatic carbocycles. The first-order valence-electron chi connectivity index (χ1n) is 7.42. The average molecular weight is 327 g/mol. The molecule has 0 spiro atoms. The van der Waals surface area contributed by atoms with Crippen LogP contribution in [-0.4, -0.2) is 20.7 Å². The Morgan fingerprint density at radius 2 is 2.13 bits per heavy atom. The first kappa shape index (κ1) is 15.4. The fraction of sp³-hybridized carbons (Fsp3) is 0.235. The minimum atomic E-state index is -0.255. The fourth-order valence-corrected chi connectivity index (χ4v) is 2.87. The van der Waals surface area contributed by atoms with E-state index in [1.807, 2.05) is 48.8 Å². The van der Waals surface area contributed by atoms with Crippen molar-refractivity contribution in [1.82, 2.24) is 14.8 Å². The maximum atomic E-state index is 11.9. The summed E-state index contributed by atoms with van der Waals surface area (Å²) in [5, 5.41) is 7.13. The molecule has 0 fully saturated rings. The number of hydrogen-bond acceptors (Lipinski definition) is 5. The molecule has 0 amide bonds. The summed E-state index contributed by atoms with van der Waals surface area (Å²) in [7, 11) is 0. The van der Waals surface area contributed by atoms with Crippen LogP contribution in [0.25, 0.3) is 5.69 Å². The summed E-state index contributed by atoms with van der Waals surface area (Å²) in [6.07, 6.45) is 4.73. The molecule has 6 heteroatoms. The van der Waals surface area contributed by atoms with Gasteiger partial charge in [-0.25, -0.2) is 9.67 Å². The first-order valence-corrected chi connectivity index (χ1v) is 8.30. The number of rotatable bonds is 6. The molecule has 0 radical (unpaired) electrons. The van der Waals surface area contributed by atoms with Gasteiger partial charge in [0.2, 0.25) is 0 Å². The number of thiazole rings is 1. The van der Waals surface area contributed by atoms with Crippen LogP contribution in [0.3, 0.4) is 0 Å². The number of aryl methyl sites for hydroxylation is 1. The third-order valence-electron chi connectivity index (χ3n) is 3.33. The van der Waals surface area contributed by atoms with Gasteiger partial charge in [0.25, 0.3) is 0 Å². The summed E-state index contributed by atoms with van der Waals surface area (Å²) in [6, 6.07) is 9.64. The molecule has 5 nitrogen and oxygen atoms in total. The minimum absolute atomic E-state index is 0.224. The van der Waals surface area contributed by atoms with Gasteiger partial charge >= 0.3 is 5.97 Å². The van der Waals surface area contributed by atoms with E-state index in [2.05, 4.69) is 10.1 Å². The van der Waals surface area contributed by atoms with Crippen LogP contribution in [0.4, 0.5) is 0 Å². The van der Waals surface area contributed by atoms with E-state index in [1.165, 1.54) is 0 Å². The summed E-state index contributed by atoms with van der Waals surface area (Å²) in [5.41, 5.74) is 2.70. The Bertz CT molecular complexity index is 764. The molecule has 0 saturated heterocycles. The van der Waals surface area contributed by atoms with Crippen molar-refractivity contribution in [2.45, 2.75) is 26.4 Å². The molecule has 23 heavy (non-hydrogen) atoms. The highest BCUT2D eigenvalue weighted by molar-refractivity contribution is 7.09. The van der Waals surface area contributed by atoms with E-state index in [4.69, 9.17) is 4.74 Å². The van der Waals surface area contributed by atoms with Gasteiger partial charge in [-0.05, 0) is 30.2 Å². The Kier molecular flexibility index (Phi) is 4.83. The second-order valence-electron chi connectivity index (χ2n) is 5.04. The Morgan fingerprint density at radius 3 is 2.78 bits per heavy atom. The highest BCUT2D eigenvalue weighted by Crippen LogP contribution is 2.12. The van der Waals surface area contributed by atoms with Gasteiger partial charge in [0.1, 0.15) is 6.61 Å². The molecule has 0 unspecified atom stereocenters. The molecule has 0 aliphatic rings. The zero-order valence-electron chi connectivity index (χ0n) is 12.8. The maximum Gasteiger partial charge on any atom is 0.312 e. The third kappa shape index (κ3) is 4.04. The number of benzene rings is 1. The number of esters is 1. The summed E-state index contributed by atoms with van der Waals surface area (Å²) in [5.74, 6) is -0.255. The molecule has 118 valence electrons. The highest BCUT2D eigenvalue weighted by Gasteiger charge is 2.09. The van der Waals surface area contributed by atoms with Crippen molar-refractivity contribution in [3.8, 4) is 5.69 Å². The third-order valence-corrected chi connectivity index (χ3v) is 4.37. The Balaban J connectivity index is 1.52. The molecular weight excluding hydrogens is 310 g/mol. The van der Waals surface area contributed by atoms with E-state index in [0.29, 0.717) is 0 Å². The predicted molar refractivity (Wildman–Crippen MR) is 88.6 cm³/mol. The second kappa shape index (κ2) is 7.19. The normalized spacial score (nSPS) is 10.7. The van der Waals surface area contributed by atoms with Gasteiger partial charge in [-0.3, -0.25) is 4.79 Å². The van der Waals surface area contributed by atoms with E-state index in [-0.39, 0.29) is 19.0 Å². The minimum Gasteiger partial charge on any atom is -0.461 e. The second-order valence-corrected chi connectivity index (χ2v) is 5.98. The van der Waals surface area contributed by atoms with Crippen molar-refractivity contribution in [1.29, 1.82) is 0 Å². The Morgan fingerprint density at radius 1 is 1.30 bits per heavy atom. The molecular formula is C17H17N3O2S. The van der Waals surface area contributed by atoms with Crippen LogP contribution in [0.5, 0.6) is 0 Å². The van der Waals surface area contributed by atoms with Crippen molar-refractivity contribution in [2.75, 3.05) is 0 Å². The van der Waals surface area contributed by atoms with Gasteiger partial charge in [-0.1, -0.05) is 19.1 Å². The molecule has 3 rings (SSSR count). The van der Waals surface area contributed by atoms with Crippen LogP contribution in [-0.2, 0) is 29.0 Å². The molecule has 2 aromatic heterocycles. The molecule has 0 aliphatic heterocycles. The van der Waals surface area contributed by atoms with E-state index in [1.54, 1.807) is 22.2 Å². The number of hydrogen-bond donors (Lipinski definition) is 0. The lowest BCUT2D eigenvalue weighted by Crippen LogP contribution is -2.08. The van der Waals surface area contributed by atoms with Gasteiger partial charge in [0.05, 0.1) is 22.8 Å². The van der Waals surface area contributed by atoms with E-state index in [0.717, 1.165) is 28.4 Å². The van der Waals surface area contributed by atoms with Gasteiger partial charge < -0.3 is 4.74 Å². The topological polar surface area (TPSA) is 57.0 Å². The number of nitrogens with zero attached hydrogens (tertiary/aromatic N) is 3. The lowest BCUT2D eigenvalue weighted by atomic mass is 10.2. The van der Waals surface area contributed by atoms with Crippen molar-refractivity contribution in [3.63, 3.8) is 0 Å². The van der Waals surface area contributed by atoms with Crippen LogP contribution in [0.1, 0.15) is 23.2 Å². The standard InChI is InChI=1S/C17H17N3O2S/c1-2-16-19-14(12-23-16)10-17(21)22-11-13-4-6-15(7-5-13)20-9-3-8-18-20/h3-9,12H,2,10-11H2,1H3. The van der Waals surface area contributed by atoms with Gasteiger partial charge in [0, 0.05) is 17.8 Å². The largest absolute Gasteiger partial charge is 0.461 e. The van der Waals surface area contributed by atoms with E-state index < -0.39 is 0 Å². The summed E-state index contributed by atoms with van der Waals surface area (Å²) < 4.78 is 7.09. The van der Waals surface area contributed by atoms with Crippen LogP contribution in [0.15, 0.2) is 48.1 Å². The molecule has 0 N–H and O–H groups in total. The van der Waals surface area contributed by atoms with Crippen LogP contribution >= 0.6 is 11.3 Å².